The summed E-state index contributed by atoms with van der Waals surface area (Å²) < 4.78 is 28.6. The van der Waals surface area contributed by atoms with Crippen molar-refractivity contribution in [3.05, 3.63) is 52.0 Å². The number of hydrogen-bond acceptors (Lipinski definition) is 4. The second kappa shape index (κ2) is 5.53. The molecule has 0 aliphatic carbocycles. The Morgan fingerprint density at radius 1 is 1.18 bits per heavy atom. The number of hydrogen-bond donors (Lipinski definition) is 1. The van der Waals surface area contributed by atoms with Crippen LogP contribution in [0.4, 0.5) is 5.69 Å². The van der Waals surface area contributed by atoms with E-state index in [-0.39, 0.29) is 4.90 Å². The summed E-state index contributed by atoms with van der Waals surface area (Å²) in [6, 6.07) is 10.1. The Morgan fingerprint density at radius 3 is 2.73 bits per heavy atom. The second-order valence-corrected chi connectivity index (χ2v) is 8.18. The number of rotatable bonds is 3. The van der Waals surface area contributed by atoms with Gasteiger partial charge in [-0.25, -0.2) is 13.4 Å². The number of benzene rings is 2. The zero-order chi connectivity index (χ0) is 15.9. The highest BCUT2D eigenvalue weighted by atomic mass is 35.5. The van der Waals surface area contributed by atoms with Crippen molar-refractivity contribution in [1.82, 2.24) is 4.98 Å². The molecule has 3 rings (SSSR count). The third-order valence-electron chi connectivity index (χ3n) is 3.26. The summed E-state index contributed by atoms with van der Waals surface area (Å²) >= 11 is 7.53. The number of thiazole rings is 1. The number of fused-ring (bicyclic) bond motifs is 1. The van der Waals surface area contributed by atoms with E-state index >= 15 is 0 Å². The average Bonchev–Trinajstić information content (AvgIpc) is 2.80. The van der Waals surface area contributed by atoms with Gasteiger partial charge in [0.15, 0.2) is 0 Å². The zero-order valence-electron chi connectivity index (χ0n) is 11.9. The maximum Gasteiger partial charge on any atom is 0.262 e. The van der Waals surface area contributed by atoms with Crippen LogP contribution in [-0.2, 0) is 10.0 Å². The Bertz CT molecular complexity index is 965. The molecule has 22 heavy (non-hydrogen) atoms. The van der Waals surface area contributed by atoms with Crippen molar-refractivity contribution in [3.8, 4) is 0 Å². The quantitative estimate of drug-likeness (QED) is 0.761. The fourth-order valence-corrected chi connectivity index (χ4v) is 4.61. The third kappa shape index (κ3) is 2.82. The maximum absolute atomic E-state index is 12.5. The molecule has 0 unspecified atom stereocenters. The fraction of sp³-hybridized carbons (Fsp3) is 0.133. The highest BCUT2D eigenvalue weighted by molar-refractivity contribution is 7.92. The summed E-state index contributed by atoms with van der Waals surface area (Å²) in [6.07, 6.45) is 0. The maximum atomic E-state index is 12.5. The summed E-state index contributed by atoms with van der Waals surface area (Å²) in [5, 5.41) is 1.37. The Morgan fingerprint density at radius 2 is 1.95 bits per heavy atom. The van der Waals surface area contributed by atoms with E-state index in [1.54, 1.807) is 37.3 Å². The SMILES string of the molecule is Cc1nc2ccc(NS(=O)(=O)c3cccc(Cl)c3C)cc2s1. The Labute approximate surface area is 137 Å². The number of aryl methyl sites for hydroxylation is 1. The van der Waals surface area contributed by atoms with Gasteiger partial charge in [-0.1, -0.05) is 17.7 Å². The molecule has 0 radical (unpaired) electrons. The molecule has 0 fully saturated rings. The van der Waals surface area contributed by atoms with E-state index < -0.39 is 10.0 Å². The van der Waals surface area contributed by atoms with Crippen molar-refractivity contribution in [2.45, 2.75) is 18.7 Å². The highest BCUT2D eigenvalue weighted by Crippen LogP contribution is 2.28. The molecule has 0 aliphatic rings. The molecule has 3 aromatic rings. The van der Waals surface area contributed by atoms with Gasteiger partial charge in [0.1, 0.15) is 0 Å². The van der Waals surface area contributed by atoms with Gasteiger partial charge >= 0.3 is 0 Å². The summed E-state index contributed by atoms with van der Waals surface area (Å²) in [4.78, 5) is 4.54. The minimum atomic E-state index is -3.68. The Kier molecular flexibility index (Phi) is 3.84. The van der Waals surface area contributed by atoms with Crippen molar-refractivity contribution >= 4 is 48.9 Å². The largest absolute Gasteiger partial charge is 0.280 e. The lowest BCUT2D eigenvalue weighted by Gasteiger charge is -2.11. The van der Waals surface area contributed by atoms with Crippen LogP contribution in [0.25, 0.3) is 10.2 Å². The highest BCUT2D eigenvalue weighted by Gasteiger charge is 2.18. The molecule has 114 valence electrons. The molecule has 0 aliphatic heterocycles. The van der Waals surface area contributed by atoms with E-state index in [4.69, 9.17) is 11.6 Å². The van der Waals surface area contributed by atoms with Crippen LogP contribution in [0.5, 0.6) is 0 Å². The fourth-order valence-electron chi connectivity index (χ4n) is 2.19. The lowest BCUT2D eigenvalue weighted by molar-refractivity contribution is 0.600. The van der Waals surface area contributed by atoms with Crippen molar-refractivity contribution in [1.29, 1.82) is 0 Å². The second-order valence-electron chi connectivity index (χ2n) is 4.88. The molecule has 0 bridgehead atoms. The van der Waals surface area contributed by atoms with E-state index in [1.165, 1.54) is 11.3 Å². The van der Waals surface area contributed by atoms with Crippen LogP contribution in [0.3, 0.4) is 0 Å². The van der Waals surface area contributed by atoms with Crippen LogP contribution in [0, 0.1) is 13.8 Å². The first-order chi connectivity index (χ1) is 10.4. The minimum absolute atomic E-state index is 0.181. The van der Waals surface area contributed by atoms with Gasteiger partial charge in [0, 0.05) is 5.02 Å². The van der Waals surface area contributed by atoms with Gasteiger partial charge in [-0.2, -0.15) is 0 Å². The number of halogens is 1. The molecule has 0 saturated carbocycles. The van der Waals surface area contributed by atoms with Gasteiger partial charge in [-0.3, -0.25) is 4.72 Å². The summed E-state index contributed by atoms with van der Waals surface area (Å²) in [6.45, 7) is 3.61. The molecule has 0 atom stereocenters. The van der Waals surface area contributed by atoms with Crippen LogP contribution in [0.1, 0.15) is 10.6 Å². The molecule has 0 amide bonds. The summed E-state index contributed by atoms with van der Waals surface area (Å²) in [5.74, 6) is 0. The van der Waals surface area contributed by atoms with E-state index in [0.717, 1.165) is 15.2 Å². The van der Waals surface area contributed by atoms with E-state index in [9.17, 15) is 8.42 Å². The monoisotopic (exact) mass is 352 g/mol. The van der Waals surface area contributed by atoms with E-state index in [0.29, 0.717) is 16.3 Å². The number of anilines is 1. The zero-order valence-corrected chi connectivity index (χ0v) is 14.3. The Hall–Kier alpha value is -1.63. The normalized spacial score (nSPS) is 11.8. The molecule has 1 aromatic heterocycles. The van der Waals surface area contributed by atoms with Crippen LogP contribution in [-0.4, -0.2) is 13.4 Å². The van der Waals surface area contributed by atoms with Crippen LogP contribution < -0.4 is 4.72 Å². The number of sulfonamides is 1. The molecular weight excluding hydrogens is 340 g/mol. The van der Waals surface area contributed by atoms with Gasteiger partial charge in [-0.05, 0) is 49.7 Å². The first-order valence-electron chi connectivity index (χ1n) is 6.52. The van der Waals surface area contributed by atoms with E-state index in [2.05, 4.69) is 9.71 Å². The van der Waals surface area contributed by atoms with E-state index in [1.807, 2.05) is 13.0 Å². The van der Waals surface area contributed by atoms with Crippen molar-refractivity contribution in [3.63, 3.8) is 0 Å². The lowest BCUT2D eigenvalue weighted by atomic mass is 10.2. The average molecular weight is 353 g/mol. The Balaban J connectivity index is 2.00. The molecule has 0 saturated heterocycles. The first kappa shape index (κ1) is 15.3. The molecular formula is C15H13ClN2O2S2. The van der Waals surface area contributed by atoms with Gasteiger partial charge in [0.05, 0.1) is 25.8 Å². The van der Waals surface area contributed by atoms with Gasteiger partial charge in [0.2, 0.25) is 0 Å². The lowest BCUT2D eigenvalue weighted by Crippen LogP contribution is -2.14. The topological polar surface area (TPSA) is 59.1 Å². The van der Waals surface area contributed by atoms with Crippen molar-refractivity contribution in [2.75, 3.05) is 4.72 Å². The molecule has 4 nitrogen and oxygen atoms in total. The van der Waals surface area contributed by atoms with Crippen LogP contribution in [0.2, 0.25) is 5.02 Å². The predicted octanol–water partition coefficient (Wildman–Crippen LogP) is 4.37. The number of nitrogens with zero attached hydrogens (tertiary/aromatic N) is 1. The van der Waals surface area contributed by atoms with Crippen molar-refractivity contribution < 1.29 is 8.42 Å². The molecule has 1 heterocycles. The molecule has 0 spiro atoms. The van der Waals surface area contributed by atoms with Crippen LogP contribution in [0.15, 0.2) is 41.3 Å². The van der Waals surface area contributed by atoms with Gasteiger partial charge in [0.25, 0.3) is 10.0 Å². The van der Waals surface area contributed by atoms with Gasteiger partial charge in [-0.15, -0.1) is 11.3 Å². The number of nitrogens with one attached hydrogen (secondary N) is 1. The van der Waals surface area contributed by atoms with Crippen LogP contribution >= 0.6 is 22.9 Å². The summed E-state index contributed by atoms with van der Waals surface area (Å²) in [5.41, 5.74) is 1.91. The predicted molar refractivity (Wildman–Crippen MR) is 91.4 cm³/mol. The first-order valence-corrected chi connectivity index (χ1v) is 9.20. The molecule has 1 N–H and O–H groups in total. The number of aromatic nitrogens is 1. The minimum Gasteiger partial charge on any atom is -0.280 e. The molecule has 2 aromatic carbocycles. The smallest absolute Gasteiger partial charge is 0.262 e. The standard InChI is InChI=1S/C15H13ClN2O2S2/c1-9-12(16)4-3-5-15(9)22(19,20)18-11-6-7-13-14(8-11)21-10(2)17-13/h3-8,18H,1-2H3. The molecule has 7 heteroatoms. The third-order valence-corrected chi connectivity index (χ3v) is 6.12. The van der Waals surface area contributed by atoms with Crippen molar-refractivity contribution in [2.24, 2.45) is 0 Å². The van der Waals surface area contributed by atoms with Gasteiger partial charge < -0.3 is 0 Å². The summed E-state index contributed by atoms with van der Waals surface area (Å²) in [7, 11) is -3.68.